The maximum absolute atomic E-state index is 13.4. The standard InChI is InChI=1S/C32H27FN4O4/c1-3-37-17-26(20-4-9-23(33)10-5-20)30(39)27(18-37)32(40)36-24-11-6-19(7-12-24)25-14-22(16-35-31(25)34)21-8-13-29(41-2)28(38)15-21/h4-18,38H,3H2,1-2H3,(H2,34,35)(H,36,40). The molecule has 5 aromatic rings. The van der Waals surface area contributed by atoms with Crippen LogP contribution in [0.2, 0.25) is 0 Å². The zero-order valence-electron chi connectivity index (χ0n) is 22.4. The molecule has 41 heavy (non-hydrogen) atoms. The quantitative estimate of drug-likeness (QED) is 0.230. The van der Waals surface area contributed by atoms with E-state index in [1.54, 1.807) is 53.4 Å². The van der Waals surface area contributed by atoms with Gasteiger partial charge in [0.2, 0.25) is 5.43 Å². The molecule has 0 fully saturated rings. The van der Waals surface area contributed by atoms with Crippen LogP contribution < -0.4 is 21.2 Å². The van der Waals surface area contributed by atoms with Crippen molar-refractivity contribution < 1.29 is 19.0 Å². The van der Waals surface area contributed by atoms with Crippen molar-refractivity contribution in [2.75, 3.05) is 18.2 Å². The average Bonchev–Trinajstić information content (AvgIpc) is 2.98. The van der Waals surface area contributed by atoms with Crippen LogP contribution in [0.3, 0.4) is 0 Å². The summed E-state index contributed by atoms with van der Waals surface area (Å²) in [4.78, 5) is 30.7. The number of nitrogen functional groups attached to an aromatic ring is 1. The highest BCUT2D eigenvalue weighted by Gasteiger charge is 2.17. The molecule has 0 bridgehead atoms. The van der Waals surface area contributed by atoms with Gasteiger partial charge in [0.05, 0.1) is 7.11 Å². The molecule has 0 unspecified atom stereocenters. The molecule has 0 atom stereocenters. The van der Waals surface area contributed by atoms with Crippen molar-refractivity contribution in [1.29, 1.82) is 0 Å². The first-order valence-corrected chi connectivity index (χ1v) is 12.8. The van der Waals surface area contributed by atoms with Crippen LogP contribution in [0.5, 0.6) is 11.5 Å². The summed E-state index contributed by atoms with van der Waals surface area (Å²) in [5.41, 5.74) is 9.94. The second kappa shape index (κ2) is 11.4. The van der Waals surface area contributed by atoms with Gasteiger partial charge in [-0.3, -0.25) is 9.59 Å². The van der Waals surface area contributed by atoms with E-state index < -0.39 is 17.2 Å². The average molecular weight is 551 g/mol. The number of rotatable bonds is 7. The molecular formula is C32H27FN4O4. The van der Waals surface area contributed by atoms with Gasteiger partial charge in [0.1, 0.15) is 17.2 Å². The topological polar surface area (TPSA) is 119 Å². The summed E-state index contributed by atoms with van der Waals surface area (Å²) in [5, 5.41) is 13.0. The van der Waals surface area contributed by atoms with E-state index in [2.05, 4.69) is 10.3 Å². The Bertz CT molecular complexity index is 1800. The van der Waals surface area contributed by atoms with Crippen LogP contribution in [-0.2, 0) is 6.54 Å². The molecule has 8 nitrogen and oxygen atoms in total. The largest absolute Gasteiger partial charge is 0.504 e. The SMILES string of the molecule is CCn1cc(C(=O)Nc2ccc(-c3cc(-c4ccc(OC)c(O)c4)cnc3N)cc2)c(=O)c(-c2ccc(F)cc2)c1. The van der Waals surface area contributed by atoms with Gasteiger partial charge in [0, 0.05) is 47.5 Å². The first-order chi connectivity index (χ1) is 19.8. The Morgan fingerprint density at radius 3 is 2.27 bits per heavy atom. The van der Waals surface area contributed by atoms with E-state index in [4.69, 9.17) is 10.5 Å². The second-order valence-corrected chi connectivity index (χ2v) is 9.33. The minimum Gasteiger partial charge on any atom is -0.504 e. The minimum absolute atomic E-state index is 0.0115. The third-order valence-corrected chi connectivity index (χ3v) is 6.73. The molecule has 2 heterocycles. The third kappa shape index (κ3) is 5.65. The predicted octanol–water partition coefficient (Wildman–Crippen LogP) is 5.95. The molecule has 0 saturated carbocycles. The van der Waals surface area contributed by atoms with Gasteiger partial charge in [-0.2, -0.15) is 0 Å². The van der Waals surface area contributed by atoms with E-state index in [0.717, 1.165) is 16.7 Å². The first-order valence-electron chi connectivity index (χ1n) is 12.8. The van der Waals surface area contributed by atoms with Gasteiger partial charge in [-0.1, -0.05) is 30.3 Å². The lowest BCUT2D eigenvalue weighted by molar-refractivity contribution is 0.102. The van der Waals surface area contributed by atoms with Crippen molar-refractivity contribution in [1.82, 2.24) is 9.55 Å². The maximum atomic E-state index is 13.4. The summed E-state index contributed by atoms with van der Waals surface area (Å²) in [6.45, 7) is 2.43. The Labute approximate surface area is 235 Å². The minimum atomic E-state index is -0.559. The smallest absolute Gasteiger partial charge is 0.261 e. The van der Waals surface area contributed by atoms with Crippen molar-refractivity contribution in [3.63, 3.8) is 0 Å². The number of nitrogens with zero attached hydrogens (tertiary/aromatic N) is 2. The molecule has 5 rings (SSSR count). The molecule has 0 radical (unpaired) electrons. The highest BCUT2D eigenvalue weighted by Crippen LogP contribution is 2.34. The normalized spacial score (nSPS) is 10.8. The van der Waals surface area contributed by atoms with Crippen molar-refractivity contribution in [3.8, 4) is 44.9 Å². The number of phenols is 1. The van der Waals surface area contributed by atoms with E-state index in [9.17, 15) is 19.1 Å². The molecule has 2 aromatic heterocycles. The van der Waals surface area contributed by atoms with Crippen LogP contribution in [0.1, 0.15) is 17.3 Å². The molecule has 0 saturated heterocycles. The molecule has 4 N–H and O–H groups in total. The summed E-state index contributed by atoms with van der Waals surface area (Å²) in [7, 11) is 1.48. The second-order valence-electron chi connectivity index (χ2n) is 9.33. The molecule has 9 heteroatoms. The van der Waals surface area contributed by atoms with Crippen LogP contribution in [0, 0.1) is 5.82 Å². The fourth-order valence-electron chi connectivity index (χ4n) is 4.48. The Morgan fingerprint density at radius 1 is 0.951 bits per heavy atom. The van der Waals surface area contributed by atoms with Crippen molar-refractivity contribution in [3.05, 3.63) is 113 Å². The van der Waals surface area contributed by atoms with Crippen LogP contribution in [-0.4, -0.2) is 27.7 Å². The number of aryl methyl sites for hydroxylation is 1. The van der Waals surface area contributed by atoms with Gasteiger partial charge in [0.15, 0.2) is 11.5 Å². The maximum Gasteiger partial charge on any atom is 0.261 e. The number of nitrogens with one attached hydrogen (secondary N) is 1. The fourth-order valence-corrected chi connectivity index (χ4v) is 4.48. The number of nitrogens with two attached hydrogens (primary N) is 1. The molecule has 0 spiro atoms. The summed E-state index contributed by atoms with van der Waals surface area (Å²) >= 11 is 0. The van der Waals surface area contributed by atoms with E-state index in [-0.39, 0.29) is 11.3 Å². The van der Waals surface area contributed by atoms with Crippen LogP contribution >= 0.6 is 0 Å². The number of aromatic hydroxyl groups is 1. The number of amides is 1. The Balaban J connectivity index is 1.40. The number of methoxy groups -OCH3 is 1. The van der Waals surface area contributed by atoms with E-state index in [1.165, 1.54) is 37.6 Å². The number of ether oxygens (including phenoxy) is 1. The van der Waals surface area contributed by atoms with Gasteiger partial charge >= 0.3 is 0 Å². The molecule has 0 aliphatic rings. The summed E-state index contributed by atoms with van der Waals surface area (Å²) in [5.74, 6) is -0.272. The molecule has 0 aliphatic carbocycles. The number of phenolic OH excluding ortho intramolecular Hbond substituents is 1. The summed E-state index contributed by atoms with van der Waals surface area (Å²) in [6, 6.07) is 19.5. The number of aromatic nitrogens is 2. The molecule has 206 valence electrons. The van der Waals surface area contributed by atoms with Crippen molar-refractivity contribution in [2.24, 2.45) is 0 Å². The lowest BCUT2D eigenvalue weighted by Gasteiger charge is -2.12. The monoisotopic (exact) mass is 550 g/mol. The Morgan fingerprint density at radius 2 is 1.61 bits per heavy atom. The highest BCUT2D eigenvalue weighted by molar-refractivity contribution is 6.04. The Hall–Kier alpha value is -5.44. The molecule has 0 aliphatic heterocycles. The number of halogens is 1. The number of hydrogen-bond donors (Lipinski definition) is 3. The summed E-state index contributed by atoms with van der Waals surface area (Å²) < 4.78 is 20.3. The molecule has 3 aromatic carbocycles. The van der Waals surface area contributed by atoms with Gasteiger partial charge in [-0.25, -0.2) is 9.37 Å². The number of benzene rings is 3. The van der Waals surface area contributed by atoms with Crippen molar-refractivity contribution in [2.45, 2.75) is 13.5 Å². The van der Waals surface area contributed by atoms with Crippen LogP contribution in [0.15, 0.2) is 96.2 Å². The van der Waals surface area contributed by atoms with Crippen LogP contribution in [0.4, 0.5) is 15.9 Å². The molecule has 1 amide bonds. The highest BCUT2D eigenvalue weighted by atomic mass is 19.1. The number of carbonyl (C=O) groups excluding carboxylic acids is 1. The zero-order valence-corrected chi connectivity index (χ0v) is 22.4. The van der Waals surface area contributed by atoms with Crippen LogP contribution in [0.25, 0.3) is 33.4 Å². The first kappa shape index (κ1) is 27.1. The van der Waals surface area contributed by atoms with E-state index in [0.29, 0.717) is 40.5 Å². The lowest BCUT2D eigenvalue weighted by atomic mass is 10.0. The fraction of sp³-hybridized carbons (Fsp3) is 0.0938. The van der Waals surface area contributed by atoms with Crippen molar-refractivity contribution >= 4 is 17.4 Å². The third-order valence-electron chi connectivity index (χ3n) is 6.73. The zero-order chi connectivity index (χ0) is 29.1. The van der Waals surface area contributed by atoms with Gasteiger partial charge < -0.3 is 25.5 Å². The number of pyridine rings is 2. The van der Waals surface area contributed by atoms with Gasteiger partial charge in [-0.15, -0.1) is 0 Å². The van der Waals surface area contributed by atoms with Gasteiger partial charge in [0.25, 0.3) is 5.91 Å². The number of carbonyl (C=O) groups is 1. The lowest BCUT2D eigenvalue weighted by Crippen LogP contribution is -2.24. The number of hydrogen-bond acceptors (Lipinski definition) is 6. The Kier molecular flexibility index (Phi) is 7.51. The number of anilines is 2. The van der Waals surface area contributed by atoms with E-state index in [1.807, 2.05) is 19.1 Å². The van der Waals surface area contributed by atoms with Gasteiger partial charge in [-0.05, 0) is 66.1 Å². The predicted molar refractivity (Wildman–Crippen MR) is 157 cm³/mol. The summed E-state index contributed by atoms with van der Waals surface area (Å²) in [6.07, 6.45) is 4.78. The molecular weight excluding hydrogens is 523 g/mol. The van der Waals surface area contributed by atoms with E-state index >= 15 is 0 Å².